The number of nitrogens with zero attached hydrogens (tertiary/aromatic N) is 1. The van der Waals surface area contributed by atoms with Gasteiger partial charge in [-0.05, 0) is 31.4 Å². The molecule has 0 amide bonds. The van der Waals surface area contributed by atoms with Crippen molar-refractivity contribution in [2.24, 2.45) is 0 Å². The molecule has 0 saturated carbocycles. The van der Waals surface area contributed by atoms with E-state index < -0.39 is 0 Å². The van der Waals surface area contributed by atoms with Gasteiger partial charge >= 0.3 is 0 Å². The van der Waals surface area contributed by atoms with E-state index in [2.05, 4.69) is 19.2 Å². The Hall–Kier alpha value is -1.68. The van der Waals surface area contributed by atoms with E-state index in [1.54, 1.807) is 6.07 Å². The minimum absolute atomic E-state index is 0.151. The maximum atomic E-state index is 11.1. The van der Waals surface area contributed by atoms with Crippen LogP contribution in [0.3, 0.4) is 0 Å². The number of nitro benzene ring substituents is 1. The highest BCUT2D eigenvalue weighted by molar-refractivity contribution is 5.57. The van der Waals surface area contributed by atoms with E-state index in [-0.39, 0.29) is 22.6 Å². The van der Waals surface area contributed by atoms with E-state index in [0.717, 1.165) is 24.1 Å². The summed E-state index contributed by atoms with van der Waals surface area (Å²) in [5.41, 5.74) is 1.85. The molecule has 1 atom stereocenters. The molecule has 0 aliphatic carbocycles. The topological polar surface area (TPSA) is 55.2 Å². The summed E-state index contributed by atoms with van der Waals surface area (Å²) < 4.78 is 0. The highest BCUT2D eigenvalue weighted by Crippen LogP contribution is 2.27. The fourth-order valence-electron chi connectivity index (χ4n) is 2.01. The minimum atomic E-state index is -0.300. The van der Waals surface area contributed by atoms with Crippen molar-refractivity contribution >= 4 is 11.8 Å². The van der Waals surface area contributed by atoms with Gasteiger partial charge in [-0.3, -0.25) is 10.1 Å². The molecule has 110 valence electrons. The average Bonchev–Trinajstić information content (AvgIpc) is 2.42. The molecule has 0 spiro atoms. The third-order valence-corrected chi connectivity index (χ3v) is 3.17. The van der Waals surface area contributed by atoms with Crippen LogP contribution in [-0.2, 0) is 0 Å². The van der Waals surface area contributed by atoms with E-state index in [4.69, 9.17) is 0 Å². The Morgan fingerprint density at radius 3 is 2.60 bits per heavy atom. The highest BCUT2D eigenvalue weighted by Gasteiger charge is 2.16. The largest absolute Gasteiger partial charge is 0.311 e. The standard InChI is InChI=1S/C16H24N2O2/c1-5-10-17-13(4)6-7-14-8-9-15(12(2)3)16(11-14)18(19)20/h6-9,11-13,17H,5,10H2,1-4H3/b7-6+. The first-order chi connectivity index (χ1) is 9.45. The second-order valence-electron chi connectivity index (χ2n) is 5.33. The van der Waals surface area contributed by atoms with E-state index in [1.807, 2.05) is 38.1 Å². The van der Waals surface area contributed by atoms with Crippen molar-refractivity contribution < 1.29 is 4.92 Å². The molecule has 0 radical (unpaired) electrons. The van der Waals surface area contributed by atoms with Crippen LogP contribution < -0.4 is 5.32 Å². The molecule has 0 saturated heterocycles. The zero-order valence-electron chi connectivity index (χ0n) is 12.7. The number of hydrogen-bond acceptors (Lipinski definition) is 3. The van der Waals surface area contributed by atoms with Gasteiger partial charge < -0.3 is 5.32 Å². The Kier molecular flexibility index (Phi) is 6.39. The molecule has 0 aromatic heterocycles. The van der Waals surface area contributed by atoms with Crippen LogP contribution in [-0.4, -0.2) is 17.5 Å². The Morgan fingerprint density at radius 2 is 2.05 bits per heavy atom. The SMILES string of the molecule is CCCNC(C)/C=C/c1ccc(C(C)C)c([N+](=O)[O-])c1. The normalized spacial score (nSPS) is 13.1. The summed E-state index contributed by atoms with van der Waals surface area (Å²) in [5, 5.41) is 14.5. The molecule has 0 heterocycles. The minimum Gasteiger partial charge on any atom is -0.311 e. The molecule has 1 unspecified atom stereocenters. The summed E-state index contributed by atoms with van der Waals surface area (Å²) in [5.74, 6) is 0.151. The van der Waals surface area contributed by atoms with Crippen molar-refractivity contribution in [3.63, 3.8) is 0 Å². The van der Waals surface area contributed by atoms with E-state index >= 15 is 0 Å². The van der Waals surface area contributed by atoms with Crippen LogP contribution in [0.5, 0.6) is 0 Å². The molecule has 1 aromatic carbocycles. The molecule has 1 rings (SSSR count). The lowest BCUT2D eigenvalue weighted by Gasteiger charge is -2.09. The number of nitrogens with one attached hydrogen (secondary N) is 1. The van der Waals surface area contributed by atoms with Crippen molar-refractivity contribution in [1.29, 1.82) is 0 Å². The summed E-state index contributed by atoms with van der Waals surface area (Å²) in [6.45, 7) is 9.10. The van der Waals surface area contributed by atoms with Gasteiger partial charge in [0, 0.05) is 17.7 Å². The maximum absolute atomic E-state index is 11.1. The molecule has 1 aromatic rings. The molecule has 4 heteroatoms. The third-order valence-electron chi connectivity index (χ3n) is 3.17. The van der Waals surface area contributed by atoms with Crippen LogP contribution in [0.1, 0.15) is 51.2 Å². The lowest BCUT2D eigenvalue weighted by Crippen LogP contribution is -2.24. The summed E-state index contributed by atoms with van der Waals surface area (Å²) in [6.07, 6.45) is 5.06. The van der Waals surface area contributed by atoms with Gasteiger partial charge in [0.2, 0.25) is 0 Å². The van der Waals surface area contributed by atoms with Crippen LogP contribution in [0.15, 0.2) is 24.3 Å². The first-order valence-corrected chi connectivity index (χ1v) is 7.15. The van der Waals surface area contributed by atoms with Gasteiger partial charge in [-0.1, -0.05) is 45.1 Å². The summed E-state index contributed by atoms with van der Waals surface area (Å²) in [4.78, 5) is 10.8. The second kappa shape index (κ2) is 7.80. The fourth-order valence-corrected chi connectivity index (χ4v) is 2.01. The van der Waals surface area contributed by atoms with E-state index in [1.165, 1.54) is 0 Å². The molecule has 0 bridgehead atoms. The van der Waals surface area contributed by atoms with Crippen molar-refractivity contribution in [2.75, 3.05) is 6.54 Å². The second-order valence-corrected chi connectivity index (χ2v) is 5.33. The Morgan fingerprint density at radius 1 is 1.35 bits per heavy atom. The van der Waals surface area contributed by atoms with Crippen molar-refractivity contribution in [3.05, 3.63) is 45.5 Å². The van der Waals surface area contributed by atoms with Gasteiger partial charge in [0.1, 0.15) is 0 Å². The van der Waals surface area contributed by atoms with Gasteiger partial charge in [0.15, 0.2) is 0 Å². The maximum Gasteiger partial charge on any atom is 0.273 e. The smallest absolute Gasteiger partial charge is 0.273 e. The van der Waals surface area contributed by atoms with Crippen molar-refractivity contribution in [2.45, 2.75) is 46.1 Å². The van der Waals surface area contributed by atoms with Crippen molar-refractivity contribution in [3.8, 4) is 0 Å². The fraction of sp³-hybridized carbons (Fsp3) is 0.500. The number of hydrogen-bond donors (Lipinski definition) is 1. The van der Waals surface area contributed by atoms with E-state index in [0.29, 0.717) is 0 Å². The van der Waals surface area contributed by atoms with E-state index in [9.17, 15) is 10.1 Å². The van der Waals surface area contributed by atoms with Gasteiger partial charge in [0.05, 0.1) is 4.92 Å². The van der Waals surface area contributed by atoms with Crippen LogP contribution in [0.2, 0.25) is 0 Å². The zero-order valence-corrected chi connectivity index (χ0v) is 12.7. The number of nitro groups is 1. The number of benzene rings is 1. The van der Waals surface area contributed by atoms with Gasteiger partial charge in [-0.15, -0.1) is 0 Å². The number of rotatable bonds is 7. The molecule has 20 heavy (non-hydrogen) atoms. The molecule has 4 nitrogen and oxygen atoms in total. The first-order valence-electron chi connectivity index (χ1n) is 7.15. The first kappa shape index (κ1) is 16.4. The molecule has 0 aliphatic rings. The Labute approximate surface area is 121 Å². The Balaban J connectivity index is 2.90. The van der Waals surface area contributed by atoms with Crippen LogP contribution in [0, 0.1) is 10.1 Å². The quantitative estimate of drug-likeness (QED) is 0.602. The lowest BCUT2D eigenvalue weighted by molar-refractivity contribution is -0.385. The lowest BCUT2D eigenvalue weighted by atomic mass is 9.99. The van der Waals surface area contributed by atoms with Crippen LogP contribution >= 0.6 is 0 Å². The Bertz CT molecular complexity index is 481. The van der Waals surface area contributed by atoms with Gasteiger partial charge in [-0.2, -0.15) is 0 Å². The van der Waals surface area contributed by atoms with Crippen LogP contribution in [0.4, 0.5) is 5.69 Å². The summed E-state index contributed by atoms with van der Waals surface area (Å²) >= 11 is 0. The molecule has 0 aliphatic heterocycles. The summed E-state index contributed by atoms with van der Waals surface area (Å²) in [6, 6.07) is 5.70. The molecular formula is C16H24N2O2. The highest BCUT2D eigenvalue weighted by atomic mass is 16.6. The van der Waals surface area contributed by atoms with Gasteiger partial charge in [-0.25, -0.2) is 0 Å². The van der Waals surface area contributed by atoms with Crippen molar-refractivity contribution in [1.82, 2.24) is 5.32 Å². The van der Waals surface area contributed by atoms with Crippen LogP contribution in [0.25, 0.3) is 6.08 Å². The predicted octanol–water partition coefficient (Wildman–Crippen LogP) is 4.12. The predicted molar refractivity (Wildman–Crippen MR) is 84.0 cm³/mol. The molecule has 1 N–H and O–H groups in total. The van der Waals surface area contributed by atoms with Gasteiger partial charge in [0.25, 0.3) is 5.69 Å². The average molecular weight is 276 g/mol. The third kappa shape index (κ3) is 4.78. The monoisotopic (exact) mass is 276 g/mol. The summed E-state index contributed by atoms with van der Waals surface area (Å²) in [7, 11) is 0. The molecule has 0 fully saturated rings. The zero-order chi connectivity index (χ0) is 15.1. The molecular weight excluding hydrogens is 252 g/mol.